The molecule has 0 aromatic heterocycles. The van der Waals surface area contributed by atoms with Crippen molar-refractivity contribution in [3.63, 3.8) is 0 Å². The smallest absolute Gasteiger partial charge is 0.329 e. The summed E-state index contributed by atoms with van der Waals surface area (Å²) in [5.74, 6) is -2.37. The number of phenols is 1. The molecule has 9 heteroatoms. The minimum absolute atomic E-state index is 0.269. The van der Waals surface area contributed by atoms with Crippen LogP contribution in [0.4, 0.5) is 11.4 Å². The molecule has 0 unspecified atom stereocenters. The Balaban J connectivity index is 1.94. The Hall–Kier alpha value is -3.75. The second kappa shape index (κ2) is 8.38. The van der Waals surface area contributed by atoms with Crippen molar-refractivity contribution in [2.24, 2.45) is 5.10 Å². The van der Waals surface area contributed by atoms with Crippen LogP contribution in [0.25, 0.3) is 0 Å². The van der Waals surface area contributed by atoms with Gasteiger partial charge >= 0.3 is 17.5 Å². The van der Waals surface area contributed by atoms with Gasteiger partial charge in [0, 0.05) is 17.3 Å². The van der Waals surface area contributed by atoms with Crippen molar-refractivity contribution < 1.29 is 19.6 Å². The summed E-state index contributed by atoms with van der Waals surface area (Å²) in [6, 6.07) is 10.6. The lowest BCUT2D eigenvalue weighted by molar-refractivity contribution is -0.385. The normalized spacial score (nSPS) is 10.5. The predicted octanol–water partition coefficient (Wildman–Crippen LogP) is 1.95. The maximum absolute atomic E-state index is 11.8. The first-order chi connectivity index (χ1) is 12.4. The average Bonchev–Trinajstić information content (AvgIpc) is 2.63. The molecule has 9 nitrogen and oxygen atoms in total. The van der Waals surface area contributed by atoms with Crippen LogP contribution in [-0.2, 0) is 16.0 Å². The van der Waals surface area contributed by atoms with Gasteiger partial charge in [-0.1, -0.05) is 19.1 Å². The quantitative estimate of drug-likeness (QED) is 0.326. The number of rotatable bonds is 5. The Labute approximate surface area is 148 Å². The number of benzene rings is 2. The fourth-order valence-corrected chi connectivity index (χ4v) is 1.99. The molecule has 134 valence electrons. The van der Waals surface area contributed by atoms with Gasteiger partial charge in [-0.2, -0.15) is 5.10 Å². The van der Waals surface area contributed by atoms with Gasteiger partial charge in [0.15, 0.2) is 5.75 Å². The van der Waals surface area contributed by atoms with Gasteiger partial charge in [-0.15, -0.1) is 0 Å². The predicted molar refractivity (Wildman–Crippen MR) is 94.9 cm³/mol. The first-order valence-corrected chi connectivity index (χ1v) is 7.61. The molecule has 0 radical (unpaired) electrons. The number of amides is 2. The number of hydrogen-bond acceptors (Lipinski definition) is 6. The van der Waals surface area contributed by atoms with Crippen LogP contribution in [0.15, 0.2) is 47.6 Å². The molecule has 26 heavy (non-hydrogen) atoms. The second-order valence-electron chi connectivity index (χ2n) is 5.21. The van der Waals surface area contributed by atoms with Crippen LogP contribution < -0.4 is 10.7 Å². The van der Waals surface area contributed by atoms with Crippen molar-refractivity contribution in [3.8, 4) is 5.75 Å². The van der Waals surface area contributed by atoms with E-state index in [0.29, 0.717) is 5.69 Å². The zero-order chi connectivity index (χ0) is 19.1. The topological polar surface area (TPSA) is 134 Å². The number of nitrogens with zero attached hydrogens (tertiary/aromatic N) is 2. The van der Waals surface area contributed by atoms with Gasteiger partial charge in [0.25, 0.3) is 0 Å². The number of hydrazone groups is 1. The lowest BCUT2D eigenvalue weighted by Gasteiger charge is -2.04. The van der Waals surface area contributed by atoms with E-state index in [1.54, 1.807) is 12.1 Å². The standard InChI is InChI=1S/C17H16N4O5/c1-2-11-3-6-13(7-4-11)19-16(23)17(24)20-18-10-12-5-8-15(22)14(9-12)21(25)26/h3-10,22H,2H2,1H3,(H,19,23)(H,20,24)/b18-10+. The van der Waals surface area contributed by atoms with Crippen LogP contribution in [-0.4, -0.2) is 28.1 Å². The fraction of sp³-hybridized carbons (Fsp3) is 0.118. The summed E-state index contributed by atoms with van der Waals surface area (Å²) in [5, 5.41) is 26.1. The van der Waals surface area contributed by atoms with Crippen molar-refractivity contribution in [2.75, 3.05) is 5.32 Å². The molecule has 0 heterocycles. The summed E-state index contributed by atoms with van der Waals surface area (Å²) < 4.78 is 0. The number of anilines is 1. The summed E-state index contributed by atoms with van der Waals surface area (Å²) in [5.41, 5.74) is 3.37. The average molecular weight is 356 g/mol. The number of nitrogens with one attached hydrogen (secondary N) is 2. The summed E-state index contributed by atoms with van der Waals surface area (Å²) in [4.78, 5) is 33.5. The summed E-state index contributed by atoms with van der Waals surface area (Å²) >= 11 is 0. The number of aryl methyl sites for hydroxylation is 1. The number of aromatic hydroxyl groups is 1. The van der Waals surface area contributed by atoms with Crippen LogP contribution in [0.3, 0.4) is 0 Å². The number of carbonyl (C=O) groups excluding carboxylic acids is 2. The van der Waals surface area contributed by atoms with Gasteiger partial charge in [0.2, 0.25) is 0 Å². The summed E-state index contributed by atoms with van der Waals surface area (Å²) in [6.45, 7) is 2.00. The van der Waals surface area contributed by atoms with Gasteiger partial charge in [-0.25, -0.2) is 5.43 Å². The van der Waals surface area contributed by atoms with E-state index >= 15 is 0 Å². The highest BCUT2D eigenvalue weighted by atomic mass is 16.6. The Kier molecular flexibility index (Phi) is 5.99. The molecule has 0 aliphatic rings. The number of carbonyl (C=O) groups is 2. The molecule has 0 bridgehead atoms. The lowest BCUT2D eigenvalue weighted by Crippen LogP contribution is -2.32. The van der Waals surface area contributed by atoms with Crippen molar-refractivity contribution in [2.45, 2.75) is 13.3 Å². The molecule has 2 amide bonds. The number of phenolic OH excluding ortho intramolecular Hbond substituents is 1. The van der Waals surface area contributed by atoms with Crippen molar-refractivity contribution >= 4 is 29.4 Å². The molecule has 0 saturated carbocycles. The van der Waals surface area contributed by atoms with E-state index in [-0.39, 0.29) is 5.56 Å². The van der Waals surface area contributed by atoms with Gasteiger partial charge in [0.05, 0.1) is 11.1 Å². The highest BCUT2D eigenvalue weighted by molar-refractivity contribution is 6.39. The third-order valence-corrected chi connectivity index (χ3v) is 3.40. The van der Waals surface area contributed by atoms with Gasteiger partial charge in [0.1, 0.15) is 0 Å². The Morgan fingerprint density at radius 2 is 1.88 bits per heavy atom. The van der Waals surface area contributed by atoms with E-state index in [1.165, 1.54) is 6.07 Å². The molecule has 0 atom stereocenters. The van der Waals surface area contributed by atoms with Crippen molar-refractivity contribution in [1.29, 1.82) is 0 Å². The molecular formula is C17H16N4O5. The van der Waals surface area contributed by atoms with E-state index in [9.17, 15) is 24.8 Å². The minimum Gasteiger partial charge on any atom is -0.502 e. The molecular weight excluding hydrogens is 340 g/mol. The third-order valence-electron chi connectivity index (χ3n) is 3.40. The van der Waals surface area contributed by atoms with Crippen LogP contribution in [0, 0.1) is 10.1 Å². The number of hydrogen-bond donors (Lipinski definition) is 3. The Bertz CT molecular complexity index is 862. The third kappa shape index (κ3) is 4.87. The molecule has 0 aliphatic heterocycles. The van der Waals surface area contributed by atoms with Gasteiger partial charge in [-0.3, -0.25) is 19.7 Å². The zero-order valence-corrected chi connectivity index (χ0v) is 13.8. The number of nitro benzene ring substituents is 1. The second-order valence-corrected chi connectivity index (χ2v) is 5.21. The van der Waals surface area contributed by atoms with E-state index in [1.807, 2.05) is 24.5 Å². The van der Waals surface area contributed by atoms with Crippen molar-refractivity contribution in [1.82, 2.24) is 5.43 Å². The molecule has 0 spiro atoms. The monoisotopic (exact) mass is 356 g/mol. The Morgan fingerprint density at radius 1 is 1.19 bits per heavy atom. The first kappa shape index (κ1) is 18.6. The maximum atomic E-state index is 11.8. The van der Waals surface area contributed by atoms with Crippen LogP contribution in [0.2, 0.25) is 0 Å². The van der Waals surface area contributed by atoms with E-state index in [4.69, 9.17) is 0 Å². The van der Waals surface area contributed by atoms with Crippen LogP contribution in [0.1, 0.15) is 18.1 Å². The van der Waals surface area contributed by atoms with E-state index in [2.05, 4.69) is 10.4 Å². The minimum atomic E-state index is -0.992. The van der Waals surface area contributed by atoms with Crippen LogP contribution in [0.5, 0.6) is 5.75 Å². The molecule has 0 fully saturated rings. The largest absolute Gasteiger partial charge is 0.502 e. The molecule has 2 aromatic carbocycles. The van der Waals surface area contributed by atoms with Gasteiger partial charge < -0.3 is 10.4 Å². The van der Waals surface area contributed by atoms with Crippen LogP contribution >= 0.6 is 0 Å². The maximum Gasteiger partial charge on any atom is 0.329 e. The summed E-state index contributed by atoms with van der Waals surface area (Å²) in [7, 11) is 0. The molecule has 0 saturated heterocycles. The molecule has 3 N–H and O–H groups in total. The van der Waals surface area contributed by atoms with Crippen molar-refractivity contribution in [3.05, 3.63) is 63.7 Å². The Morgan fingerprint density at radius 3 is 2.50 bits per heavy atom. The lowest BCUT2D eigenvalue weighted by atomic mass is 10.1. The zero-order valence-electron chi connectivity index (χ0n) is 13.8. The fourth-order valence-electron chi connectivity index (χ4n) is 1.99. The number of nitro groups is 1. The van der Waals surface area contributed by atoms with E-state index in [0.717, 1.165) is 30.3 Å². The molecule has 0 aliphatic carbocycles. The highest BCUT2D eigenvalue weighted by Gasteiger charge is 2.14. The summed E-state index contributed by atoms with van der Waals surface area (Å²) in [6.07, 6.45) is 1.98. The molecule has 2 rings (SSSR count). The first-order valence-electron chi connectivity index (χ1n) is 7.61. The van der Waals surface area contributed by atoms with E-state index < -0.39 is 28.2 Å². The SMILES string of the molecule is CCc1ccc(NC(=O)C(=O)N/N=C/c2ccc(O)c([N+](=O)[O-])c2)cc1. The highest BCUT2D eigenvalue weighted by Crippen LogP contribution is 2.25. The van der Waals surface area contributed by atoms with Gasteiger partial charge in [-0.05, 0) is 36.2 Å². The molecule has 2 aromatic rings.